The zero-order valence-electron chi connectivity index (χ0n) is 86.2. The molecule has 16 rings (SSSR count). The summed E-state index contributed by atoms with van der Waals surface area (Å²) in [6.45, 7) is 45.5. The number of carboxylic acid groups (broad SMARTS) is 4. The molecule has 8 aromatic heterocycles. The number of carboxylic acids is 4. The molecule has 8 aromatic carbocycles. The maximum atomic E-state index is 11.5. The van der Waals surface area contributed by atoms with E-state index in [0.29, 0.717) is 52.6 Å². The molecular formula is C116H133Cl4N11O12. The van der Waals surface area contributed by atoms with Crippen molar-refractivity contribution in [1.29, 1.82) is 0 Å². The molecule has 0 saturated carbocycles. The third kappa shape index (κ3) is 24.2. The molecular weight excluding hydrogens is 1880 g/mol. The number of nitrogens with zero attached hydrogens (tertiary/aromatic N) is 10. The molecule has 0 unspecified atom stereocenters. The van der Waals surface area contributed by atoms with Gasteiger partial charge in [0, 0.05) is 178 Å². The van der Waals surface area contributed by atoms with E-state index in [2.05, 4.69) is 166 Å². The van der Waals surface area contributed by atoms with Crippen molar-refractivity contribution >= 4 is 114 Å². The highest BCUT2D eigenvalue weighted by Crippen LogP contribution is 2.44. The number of hydrogen-bond donors (Lipinski definition) is 5. The summed E-state index contributed by atoms with van der Waals surface area (Å²) in [5.74, 6) is 0.130. The third-order valence-electron chi connectivity index (χ3n) is 27.5. The van der Waals surface area contributed by atoms with Gasteiger partial charge in [-0.05, 0) is 311 Å². The summed E-state index contributed by atoms with van der Waals surface area (Å²) in [6.07, 6.45) is 8.79. The van der Waals surface area contributed by atoms with Crippen molar-refractivity contribution < 1.29 is 58.6 Å². The van der Waals surface area contributed by atoms with Crippen LogP contribution in [0.15, 0.2) is 140 Å². The summed E-state index contributed by atoms with van der Waals surface area (Å²) in [5.41, 5.74) is 37.6. The van der Waals surface area contributed by atoms with Gasteiger partial charge in [-0.15, -0.1) is 0 Å². The Balaban J connectivity index is 0.000000160. The van der Waals surface area contributed by atoms with Crippen LogP contribution in [0, 0.1) is 132 Å². The Hall–Kier alpha value is -13.1. The monoisotopic (exact) mass is 2010 g/mol. The highest BCUT2D eigenvalue weighted by molar-refractivity contribution is 6.33. The number of H-pyrrole nitrogens is 1. The predicted molar refractivity (Wildman–Crippen MR) is 578 cm³/mol. The molecule has 8 heterocycles. The molecule has 0 atom stereocenters. The van der Waals surface area contributed by atoms with Crippen LogP contribution in [0.3, 0.4) is 0 Å². The van der Waals surface area contributed by atoms with E-state index >= 15 is 0 Å². The fraction of sp³-hybridized carbons (Fsp3) is 0.362. The summed E-state index contributed by atoms with van der Waals surface area (Å²) in [7, 11) is 1.95. The largest absolute Gasteiger partial charge is 0.494 e. The fourth-order valence-electron chi connectivity index (χ4n) is 20.4. The molecule has 0 aliphatic rings. The smallest absolute Gasteiger partial charge is 0.305 e. The minimum absolute atomic E-state index is 0.0696. The molecule has 16 aromatic rings. The fourth-order valence-corrected chi connectivity index (χ4v) is 20.9. The number of aliphatic carboxylic acids is 4. The van der Waals surface area contributed by atoms with Gasteiger partial charge in [-0.3, -0.25) is 38.6 Å². The van der Waals surface area contributed by atoms with E-state index in [9.17, 15) is 39.6 Å². The SMILES string of the molecule is CCn1nc(C)c(-c2cccc3c(CCCOc4cc(C)c(Cl)c(C)c4)c(C)n(CCC(=O)O)c23)c1C.Cc1cc(OCCCc2c(C)n(CCC(=O)O)c3c(-c4c(C)n[nH]c4C)cccc23)cc(C)c1Cl.Cc1cc(OCCCc2c(C)n(CCC(=O)O)c3c(-c4c(C)nn(C)c4C)cccc23)cc(C)c1Cl.Cc1cc(OCCCc2c(C)n(CCC(=O)O)c3c(-c4cccnc4C)cccc23)cc(C)c1Cl. The molecule has 0 radical (unpaired) electrons. The van der Waals surface area contributed by atoms with Crippen molar-refractivity contribution in [1.82, 2.24) is 53.0 Å². The maximum Gasteiger partial charge on any atom is 0.305 e. The number of pyridine rings is 1. The minimum atomic E-state index is -0.803. The van der Waals surface area contributed by atoms with E-state index in [0.717, 1.165) is 291 Å². The third-order valence-corrected chi connectivity index (χ3v) is 29.9. The van der Waals surface area contributed by atoms with Crippen molar-refractivity contribution in [3.8, 4) is 67.5 Å². The van der Waals surface area contributed by atoms with Gasteiger partial charge in [0.1, 0.15) is 23.0 Å². The van der Waals surface area contributed by atoms with Crippen molar-refractivity contribution in [2.45, 2.75) is 248 Å². The van der Waals surface area contributed by atoms with Crippen LogP contribution in [-0.4, -0.2) is 124 Å². The van der Waals surface area contributed by atoms with Gasteiger partial charge in [-0.25, -0.2) is 0 Å². The van der Waals surface area contributed by atoms with Crippen LogP contribution in [0.25, 0.3) is 88.1 Å². The number of aryl methyl sites for hydroxylation is 23. The Bertz CT molecular complexity index is 7330. The number of aromatic amines is 1. The van der Waals surface area contributed by atoms with E-state index in [1.165, 1.54) is 27.6 Å². The predicted octanol–water partition coefficient (Wildman–Crippen LogP) is 27.7. The van der Waals surface area contributed by atoms with Crippen LogP contribution >= 0.6 is 46.4 Å². The molecule has 0 saturated heterocycles. The topological polar surface area (TPSA) is 283 Å². The number of para-hydroxylation sites is 4. The number of fused-ring (bicyclic) bond motifs is 4. The van der Waals surface area contributed by atoms with E-state index in [1.54, 1.807) is 6.20 Å². The Morgan fingerprint density at radius 1 is 0.336 bits per heavy atom. The molecule has 0 aliphatic heterocycles. The average molecular weight is 2020 g/mol. The van der Waals surface area contributed by atoms with Crippen molar-refractivity contribution in [2.24, 2.45) is 7.05 Å². The minimum Gasteiger partial charge on any atom is -0.494 e. The number of rotatable bonds is 37. The second-order valence-corrected chi connectivity index (χ2v) is 39.0. The van der Waals surface area contributed by atoms with Crippen LogP contribution in [0.2, 0.25) is 20.1 Å². The van der Waals surface area contributed by atoms with E-state index in [1.807, 2.05) is 161 Å². The number of carbonyl (C=O) groups is 4. The Labute approximate surface area is 858 Å². The number of benzene rings is 8. The lowest BCUT2D eigenvalue weighted by Gasteiger charge is -2.12. The van der Waals surface area contributed by atoms with Crippen LogP contribution in [0.1, 0.15) is 188 Å². The molecule has 752 valence electrons. The quantitative estimate of drug-likeness (QED) is 0.0226. The first kappa shape index (κ1) is 107. The lowest BCUT2D eigenvalue weighted by atomic mass is 9.98. The highest BCUT2D eigenvalue weighted by Gasteiger charge is 2.28. The van der Waals surface area contributed by atoms with E-state index in [-0.39, 0.29) is 25.7 Å². The molecule has 23 nitrogen and oxygen atoms in total. The molecule has 0 bridgehead atoms. The Morgan fingerprint density at radius 2 is 0.615 bits per heavy atom. The second kappa shape index (κ2) is 47.4. The van der Waals surface area contributed by atoms with Gasteiger partial charge in [-0.2, -0.15) is 15.3 Å². The summed E-state index contributed by atoms with van der Waals surface area (Å²) >= 11 is 25.1. The number of hydrogen-bond acceptors (Lipinski definition) is 12. The second-order valence-electron chi connectivity index (χ2n) is 37.5. The number of nitrogens with one attached hydrogen (secondary N) is 1. The lowest BCUT2D eigenvalue weighted by Crippen LogP contribution is -2.07. The first-order chi connectivity index (χ1) is 68.2. The van der Waals surface area contributed by atoms with Crippen LogP contribution < -0.4 is 18.9 Å². The summed E-state index contributed by atoms with van der Waals surface area (Å²) < 4.78 is 36.8. The molecule has 0 amide bonds. The van der Waals surface area contributed by atoms with Gasteiger partial charge in [-0.1, -0.05) is 125 Å². The van der Waals surface area contributed by atoms with Gasteiger partial charge in [0.25, 0.3) is 0 Å². The van der Waals surface area contributed by atoms with Crippen molar-refractivity contribution in [3.05, 3.63) is 289 Å². The van der Waals surface area contributed by atoms with Crippen LogP contribution in [0.4, 0.5) is 0 Å². The van der Waals surface area contributed by atoms with E-state index in [4.69, 9.17) is 70.4 Å². The summed E-state index contributed by atoms with van der Waals surface area (Å²) in [5, 5.41) is 62.2. The number of aromatic nitrogens is 11. The van der Waals surface area contributed by atoms with Gasteiger partial charge >= 0.3 is 23.9 Å². The van der Waals surface area contributed by atoms with Gasteiger partial charge < -0.3 is 57.6 Å². The Kier molecular flexibility index (Phi) is 35.6. The summed E-state index contributed by atoms with van der Waals surface area (Å²) in [6, 6.07) is 45.2. The standard InChI is InChI=1S/C30H36ClN3O3.C29H34ClN3O3.C29H31ClN2O3.C28H32ClN3O3/c1-7-34-22(6)28(20(4)32-34)26-11-8-10-25-24(21(5)33(30(25)26)14-13-27(35)36)12-9-15-37-23-16-18(2)29(31)19(3)17-23;1-17-15-22(16-18(2)28(17)30)36-14-8-11-23-20(4)33(13-12-26(34)35)29-24(23)9-7-10-25(29)27-19(3)31-32(6)21(27)5;1-18-16-22(17-19(2)28(18)30)35-15-7-11-24-21(4)32(14-12-27(33)34)29-25(8-5-9-26(24)29)23-10-6-13-31-20(23)3;1-16-14-21(15-17(2)27(16)29)35-13-7-10-22-20(5)32(12-11-25(33)34)28-23(22)8-6-9-24(28)26-18(3)30-31-19(26)4/h8,10-11,16-17H,7,9,12-15H2,1-6H3,(H,35,36);7,9-10,15-16H,8,11-14H2,1-6H3,(H,34,35);5-6,8-10,13,16-17H,7,11-12,14-15H2,1-4H3,(H,33,34);6,8-9,14-15H,7,10-13H2,1-5H3,(H,30,31)(H,33,34). The summed E-state index contributed by atoms with van der Waals surface area (Å²) in [4.78, 5) is 50.2. The molecule has 5 N–H and O–H groups in total. The van der Waals surface area contributed by atoms with Crippen LogP contribution in [0.5, 0.6) is 23.0 Å². The highest BCUT2D eigenvalue weighted by atomic mass is 35.5. The molecule has 27 heteroatoms. The number of ether oxygens (including phenoxy) is 4. The van der Waals surface area contributed by atoms with Crippen molar-refractivity contribution in [3.63, 3.8) is 0 Å². The van der Waals surface area contributed by atoms with Crippen molar-refractivity contribution in [2.75, 3.05) is 26.4 Å². The van der Waals surface area contributed by atoms with Crippen LogP contribution in [-0.2, 0) is 84.6 Å². The average Bonchev–Trinajstić information content (AvgIpc) is 1.61. The maximum absolute atomic E-state index is 11.5. The van der Waals surface area contributed by atoms with E-state index < -0.39 is 23.9 Å². The number of halogens is 4. The Morgan fingerprint density at radius 3 is 0.881 bits per heavy atom. The first-order valence-electron chi connectivity index (χ1n) is 49.1. The van der Waals surface area contributed by atoms with Gasteiger partial charge in [0.2, 0.25) is 0 Å². The van der Waals surface area contributed by atoms with Gasteiger partial charge in [0.05, 0.1) is 91.3 Å². The van der Waals surface area contributed by atoms with Gasteiger partial charge in [0.15, 0.2) is 0 Å². The normalized spacial score (nSPS) is 11.4. The molecule has 143 heavy (non-hydrogen) atoms. The molecule has 0 fully saturated rings. The first-order valence-corrected chi connectivity index (χ1v) is 50.6. The molecule has 0 spiro atoms. The lowest BCUT2D eigenvalue weighted by molar-refractivity contribution is -0.138. The molecule has 0 aliphatic carbocycles. The zero-order chi connectivity index (χ0) is 103. The zero-order valence-corrected chi connectivity index (χ0v) is 89.2.